The topological polar surface area (TPSA) is 52.9 Å². The van der Waals surface area contributed by atoms with Gasteiger partial charge < -0.3 is 5.32 Å². The Morgan fingerprint density at radius 2 is 1.81 bits per heavy atom. The standard InChI is InChI=1S/C18H24N2O/c1-2-15-9-5-6-10-16(15)13-20-17(21)18(14-19)11-7-3-4-8-12-18/h5-6,9-10H,2-4,7-8,11-13H2,1H3,(H,20,21). The van der Waals surface area contributed by atoms with E-state index in [9.17, 15) is 10.1 Å². The summed E-state index contributed by atoms with van der Waals surface area (Å²) in [5.41, 5.74) is 1.59. The molecule has 0 saturated heterocycles. The van der Waals surface area contributed by atoms with Crippen molar-refractivity contribution in [1.29, 1.82) is 5.26 Å². The quantitative estimate of drug-likeness (QED) is 0.856. The Labute approximate surface area is 127 Å². The molecule has 0 radical (unpaired) electrons. The first-order valence-corrected chi connectivity index (χ1v) is 7.98. The number of aryl methyl sites for hydroxylation is 1. The van der Waals surface area contributed by atoms with E-state index in [-0.39, 0.29) is 5.91 Å². The van der Waals surface area contributed by atoms with Crippen molar-refractivity contribution < 1.29 is 4.79 Å². The molecule has 3 heteroatoms. The molecule has 1 aromatic rings. The van der Waals surface area contributed by atoms with E-state index >= 15 is 0 Å². The third-order valence-electron chi connectivity index (χ3n) is 4.54. The smallest absolute Gasteiger partial charge is 0.240 e. The third kappa shape index (κ3) is 3.64. The van der Waals surface area contributed by atoms with Crippen molar-refractivity contribution >= 4 is 5.91 Å². The number of nitrogens with zero attached hydrogens (tertiary/aromatic N) is 1. The molecule has 0 aromatic heterocycles. The van der Waals surface area contributed by atoms with E-state index in [0.29, 0.717) is 19.4 Å². The SMILES string of the molecule is CCc1ccccc1CNC(=O)C1(C#N)CCCCCC1. The van der Waals surface area contributed by atoms with E-state index in [4.69, 9.17) is 0 Å². The Bertz CT molecular complexity index is 522. The fraction of sp³-hybridized carbons (Fsp3) is 0.556. The van der Waals surface area contributed by atoms with Gasteiger partial charge in [0.05, 0.1) is 6.07 Å². The number of benzene rings is 1. The molecule has 112 valence electrons. The van der Waals surface area contributed by atoms with E-state index in [1.165, 1.54) is 5.56 Å². The van der Waals surface area contributed by atoms with Gasteiger partial charge in [0, 0.05) is 6.54 Å². The predicted octanol–water partition coefficient (Wildman–Crippen LogP) is 3.73. The molecule has 0 atom stereocenters. The number of nitriles is 1. The van der Waals surface area contributed by atoms with Gasteiger partial charge >= 0.3 is 0 Å². The van der Waals surface area contributed by atoms with Crippen LogP contribution in [0.25, 0.3) is 0 Å². The number of hydrogen-bond acceptors (Lipinski definition) is 2. The average Bonchev–Trinajstić information content (AvgIpc) is 2.79. The minimum Gasteiger partial charge on any atom is -0.351 e. The van der Waals surface area contributed by atoms with E-state index in [0.717, 1.165) is 37.7 Å². The molecule has 1 saturated carbocycles. The first-order chi connectivity index (χ1) is 10.2. The minimum atomic E-state index is -0.808. The molecule has 0 heterocycles. The summed E-state index contributed by atoms with van der Waals surface area (Å²) in [7, 11) is 0. The summed E-state index contributed by atoms with van der Waals surface area (Å²) in [4.78, 5) is 12.5. The lowest BCUT2D eigenvalue weighted by Gasteiger charge is -2.24. The third-order valence-corrected chi connectivity index (χ3v) is 4.54. The van der Waals surface area contributed by atoms with Crippen LogP contribution in [-0.2, 0) is 17.8 Å². The zero-order valence-electron chi connectivity index (χ0n) is 12.8. The molecule has 1 aliphatic rings. The zero-order valence-corrected chi connectivity index (χ0v) is 12.8. The molecule has 2 rings (SSSR count). The number of nitrogens with one attached hydrogen (secondary N) is 1. The molecule has 1 aliphatic carbocycles. The molecular weight excluding hydrogens is 260 g/mol. The number of rotatable bonds is 4. The van der Waals surface area contributed by atoms with Crippen LogP contribution in [0.5, 0.6) is 0 Å². The van der Waals surface area contributed by atoms with Crippen molar-refractivity contribution in [3.05, 3.63) is 35.4 Å². The van der Waals surface area contributed by atoms with Crippen LogP contribution in [0, 0.1) is 16.7 Å². The maximum Gasteiger partial charge on any atom is 0.240 e. The highest BCUT2D eigenvalue weighted by atomic mass is 16.2. The van der Waals surface area contributed by atoms with Gasteiger partial charge in [-0.3, -0.25) is 4.79 Å². The summed E-state index contributed by atoms with van der Waals surface area (Å²) in [5, 5.41) is 12.5. The van der Waals surface area contributed by atoms with Crippen LogP contribution in [0.3, 0.4) is 0 Å². The van der Waals surface area contributed by atoms with Gasteiger partial charge in [-0.1, -0.05) is 56.9 Å². The Morgan fingerprint density at radius 1 is 1.19 bits per heavy atom. The number of carbonyl (C=O) groups excluding carboxylic acids is 1. The van der Waals surface area contributed by atoms with Gasteiger partial charge in [-0.2, -0.15) is 5.26 Å². The lowest BCUT2D eigenvalue weighted by atomic mass is 9.81. The maximum atomic E-state index is 12.5. The summed E-state index contributed by atoms with van der Waals surface area (Å²) < 4.78 is 0. The van der Waals surface area contributed by atoms with E-state index in [1.807, 2.05) is 18.2 Å². The molecule has 1 N–H and O–H groups in total. The van der Waals surface area contributed by atoms with Gasteiger partial charge in [0.1, 0.15) is 5.41 Å². The molecule has 0 aliphatic heterocycles. The second kappa shape index (κ2) is 7.26. The van der Waals surface area contributed by atoms with Crippen LogP contribution in [0.2, 0.25) is 0 Å². The molecule has 0 unspecified atom stereocenters. The summed E-state index contributed by atoms with van der Waals surface area (Å²) in [6, 6.07) is 10.5. The predicted molar refractivity (Wildman–Crippen MR) is 83.4 cm³/mol. The Kier molecular flexibility index (Phi) is 5.38. The van der Waals surface area contributed by atoms with Crippen molar-refractivity contribution in [3.8, 4) is 6.07 Å². The summed E-state index contributed by atoms with van der Waals surface area (Å²) in [6.07, 6.45) is 6.58. The van der Waals surface area contributed by atoms with Crippen molar-refractivity contribution in [3.63, 3.8) is 0 Å². The molecule has 21 heavy (non-hydrogen) atoms. The molecule has 1 amide bonds. The second-order valence-corrected chi connectivity index (χ2v) is 5.91. The average molecular weight is 284 g/mol. The minimum absolute atomic E-state index is 0.0854. The number of amides is 1. The van der Waals surface area contributed by atoms with Crippen molar-refractivity contribution in [2.75, 3.05) is 0 Å². The van der Waals surface area contributed by atoms with Crippen LogP contribution < -0.4 is 5.32 Å². The highest BCUT2D eigenvalue weighted by Crippen LogP contribution is 2.34. The normalized spacial score (nSPS) is 17.5. The van der Waals surface area contributed by atoms with Crippen LogP contribution in [0.4, 0.5) is 0 Å². The monoisotopic (exact) mass is 284 g/mol. The van der Waals surface area contributed by atoms with Crippen LogP contribution in [0.1, 0.15) is 56.6 Å². The first-order valence-electron chi connectivity index (χ1n) is 7.98. The lowest BCUT2D eigenvalue weighted by Crippen LogP contribution is -2.39. The molecule has 1 aromatic carbocycles. The summed E-state index contributed by atoms with van der Waals surface area (Å²) in [6.45, 7) is 2.63. The Morgan fingerprint density at radius 3 is 2.38 bits per heavy atom. The van der Waals surface area contributed by atoms with Crippen LogP contribution in [-0.4, -0.2) is 5.91 Å². The van der Waals surface area contributed by atoms with Gasteiger partial charge in [0.2, 0.25) is 5.91 Å². The van der Waals surface area contributed by atoms with E-state index in [1.54, 1.807) is 0 Å². The van der Waals surface area contributed by atoms with Gasteiger partial charge in [0.15, 0.2) is 0 Å². The maximum absolute atomic E-state index is 12.5. The van der Waals surface area contributed by atoms with Gasteiger partial charge in [-0.05, 0) is 30.4 Å². The summed E-state index contributed by atoms with van der Waals surface area (Å²) in [5.74, 6) is -0.0854. The molecule has 0 bridgehead atoms. The van der Waals surface area contributed by atoms with Gasteiger partial charge in [-0.15, -0.1) is 0 Å². The van der Waals surface area contributed by atoms with Crippen molar-refractivity contribution in [1.82, 2.24) is 5.32 Å². The van der Waals surface area contributed by atoms with Crippen molar-refractivity contribution in [2.24, 2.45) is 5.41 Å². The first kappa shape index (κ1) is 15.6. The van der Waals surface area contributed by atoms with Gasteiger partial charge in [0.25, 0.3) is 0 Å². The zero-order chi connectivity index (χ0) is 15.1. The van der Waals surface area contributed by atoms with Crippen LogP contribution in [0.15, 0.2) is 24.3 Å². The fourth-order valence-corrected chi connectivity index (χ4v) is 3.14. The van der Waals surface area contributed by atoms with Crippen molar-refractivity contribution in [2.45, 2.75) is 58.4 Å². The van der Waals surface area contributed by atoms with E-state index in [2.05, 4.69) is 24.4 Å². The van der Waals surface area contributed by atoms with Crippen LogP contribution >= 0.6 is 0 Å². The fourth-order valence-electron chi connectivity index (χ4n) is 3.14. The molecule has 1 fully saturated rings. The lowest BCUT2D eigenvalue weighted by molar-refractivity contribution is -0.129. The number of hydrogen-bond donors (Lipinski definition) is 1. The molecular formula is C18H24N2O. The summed E-state index contributed by atoms with van der Waals surface area (Å²) >= 11 is 0. The van der Waals surface area contributed by atoms with E-state index < -0.39 is 5.41 Å². The highest BCUT2D eigenvalue weighted by Gasteiger charge is 2.38. The van der Waals surface area contributed by atoms with Gasteiger partial charge in [-0.25, -0.2) is 0 Å². The largest absolute Gasteiger partial charge is 0.351 e. The Hall–Kier alpha value is -1.82. The highest BCUT2D eigenvalue weighted by molar-refractivity contribution is 5.85. The Balaban J connectivity index is 2.04. The molecule has 3 nitrogen and oxygen atoms in total. The second-order valence-electron chi connectivity index (χ2n) is 5.91. The number of carbonyl (C=O) groups is 1. The molecule has 0 spiro atoms.